The zero-order valence-electron chi connectivity index (χ0n) is 9.78. The van der Waals surface area contributed by atoms with Gasteiger partial charge in [0.1, 0.15) is 0 Å². The molecule has 0 spiro atoms. The van der Waals surface area contributed by atoms with E-state index < -0.39 is 11.9 Å². The lowest BCUT2D eigenvalue weighted by Gasteiger charge is -1.98. The van der Waals surface area contributed by atoms with Gasteiger partial charge >= 0.3 is 11.9 Å². The molecule has 0 radical (unpaired) electrons. The number of carboxylic acids is 2. The maximum Gasteiger partial charge on any atom is 0.303 e. The van der Waals surface area contributed by atoms with Gasteiger partial charge in [-0.3, -0.25) is 9.59 Å². The number of carbonyl (C=O) groups is 2. The second kappa shape index (κ2) is 13.9. The molecule has 0 aliphatic heterocycles. The fraction of sp³-hybridized carbons (Fsp3) is 0.800. The molecule has 0 fully saturated rings. The van der Waals surface area contributed by atoms with E-state index in [2.05, 4.69) is 0 Å². The van der Waals surface area contributed by atoms with Gasteiger partial charge in [0.2, 0.25) is 0 Å². The molecule has 0 unspecified atom stereocenters. The van der Waals surface area contributed by atoms with E-state index in [0.29, 0.717) is 0 Å². The monoisotopic (exact) mass is 236 g/mol. The molecule has 0 rings (SSSR count). The quantitative estimate of drug-likeness (QED) is 0.453. The van der Waals surface area contributed by atoms with Crippen molar-refractivity contribution in [2.75, 3.05) is 0 Å². The summed E-state index contributed by atoms with van der Waals surface area (Å²) in [4.78, 5) is 20.3. The molecule has 0 atom stereocenters. The van der Waals surface area contributed by atoms with Crippen molar-refractivity contribution in [2.45, 2.75) is 51.4 Å². The Morgan fingerprint density at radius 3 is 1.12 bits per heavy atom. The van der Waals surface area contributed by atoms with Crippen molar-refractivity contribution in [3.63, 3.8) is 0 Å². The smallest absolute Gasteiger partial charge is 0.303 e. The Hall–Kier alpha value is -1.14. The molecular weight excluding hydrogens is 212 g/mol. The fourth-order valence-electron chi connectivity index (χ4n) is 1.26. The van der Waals surface area contributed by atoms with Gasteiger partial charge in [0, 0.05) is 12.8 Å². The average Bonchev–Trinajstić information content (AvgIpc) is 2.08. The van der Waals surface area contributed by atoms with Crippen LogP contribution in [0.15, 0.2) is 0 Å². The van der Waals surface area contributed by atoms with E-state index in [1.165, 1.54) is 0 Å². The van der Waals surface area contributed by atoms with Crippen molar-refractivity contribution in [1.29, 1.82) is 0 Å². The maximum atomic E-state index is 10.1. The lowest BCUT2D eigenvalue weighted by atomic mass is 10.1. The summed E-state index contributed by atoms with van der Waals surface area (Å²) in [5.74, 6) is -1.48. The summed E-state index contributed by atoms with van der Waals surface area (Å²) in [6.07, 6.45) is 5.82. The van der Waals surface area contributed by atoms with Gasteiger partial charge in [-0.05, 0) is 12.8 Å². The highest BCUT2D eigenvalue weighted by Gasteiger charge is 1.98. The highest BCUT2D eigenvalue weighted by molar-refractivity contribution is 5.66. The van der Waals surface area contributed by atoms with Crippen LogP contribution in [0.3, 0.4) is 0 Å². The summed E-state index contributed by atoms with van der Waals surface area (Å²) < 4.78 is 0. The molecule has 0 heterocycles. The third-order valence-electron chi connectivity index (χ3n) is 2.03. The van der Waals surface area contributed by atoms with E-state index in [4.69, 9.17) is 10.2 Å². The highest BCUT2D eigenvalue weighted by atomic mass is 16.4. The first-order chi connectivity index (χ1) is 6.63. The molecule has 6 heteroatoms. The van der Waals surface area contributed by atoms with Gasteiger partial charge < -0.3 is 22.5 Å². The minimum atomic E-state index is -0.740. The summed E-state index contributed by atoms with van der Waals surface area (Å²) in [5, 5.41) is 16.7. The first-order valence-electron chi connectivity index (χ1n) is 5.06. The Bertz CT molecular complexity index is 166. The van der Waals surface area contributed by atoms with Crippen LogP contribution in [-0.4, -0.2) is 22.2 Å². The van der Waals surface area contributed by atoms with Crippen LogP contribution in [0.1, 0.15) is 51.4 Å². The summed E-state index contributed by atoms with van der Waals surface area (Å²) >= 11 is 0. The molecule has 6 nitrogen and oxygen atoms in total. The largest absolute Gasteiger partial charge is 0.481 e. The number of hydrogen-bond acceptors (Lipinski definition) is 4. The van der Waals surface area contributed by atoms with E-state index in [9.17, 15) is 9.59 Å². The topological polar surface area (TPSA) is 145 Å². The highest BCUT2D eigenvalue weighted by Crippen LogP contribution is 2.08. The van der Waals surface area contributed by atoms with Crippen LogP contribution in [-0.2, 0) is 9.59 Å². The van der Waals surface area contributed by atoms with Crippen LogP contribution in [0.2, 0.25) is 0 Å². The zero-order chi connectivity index (χ0) is 10.8. The van der Waals surface area contributed by atoms with Crippen LogP contribution in [0.4, 0.5) is 0 Å². The predicted molar refractivity (Wildman–Crippen MR) is 62.3 cm³/mol. The molecule has 0 saturated carbocycles. The van der Waals surface area contributed by atoms with Crippen molar-refractivity contribution in [3.05, 3.63) is 0 Å². The maximum absolute atomic E-state index is 10.1. The van der Waals surface area contributed by atoms with Gasteiger partial charge in [-0.15, -0.1) is 0 Å². The molecule has 0 aromatic rings. The minimum absolute atomic E-state index is 0. The van der Waals surface area contributed by atoms with E-state index in [1.807, 2.05) is 0 Å². The summed E-state index contributed by atoms with van der Waals surface area (Å²) in [5.41, 5.74) is 0. The minimum Gasteiger partial charge on any atom is -0.481 e. The molecule has 0 aliphatic rings. The Morgan fingerprint density at radius 1 is 0.625 bits per heavy atom. The zero-order valence-corrected chi connectivity index (χ0v) is 9.78. The first kappa shape index (κ1) is 20.3. The van der Waals surface area contributed by atoms with Crippen molar-refractivity contribution < 1.29 is 19.8 Å². The summed E-state index contributed by atoms with van der Waals surface area (Å²) in [6.45, 7) is 0. The number of aliphatic carboxylic acids is 2. The number of carboxylic acid groups (broad SMARTS) is 2. The lowest BCUT2D eigenvalue weighted by molar-refractivity contribution is -0.138. The SMILES string of the molecule is N.N.O=C(O)CCCCCCCCC(=O)O. The molecule has 0 amide bonds. The molecule has 0 aromatic heterocycles. The summed E-state index contributed by atoms with van der Waals surface area (Å²) in [6, 6.07) is 0. The lowest BCUT2D eigenvalue weighted by Crippen LogP contribution is -1.94. The van der Waals surface area contributed by atoms with E-state index in [0.717, 1.165) is 38.5 Å². The Kier molecular flexibility index (Phi) is 17.6. The second-order valence-corrected chi connectivity index (χ2v) is 3.41. The van der Waals surface area contributed by atoms with Crippen LogP contribution in [0.25, 0.3) is 0 Å². The average molecular weight is 236 g/mol. The van der Waals surface area contributed by atoms with E-state index in [-0.39, 0.29) is 25.1 Å². The van der Waals surface area contributed by atoms with Gasteiger partial charge in [0.15, 0.2) is 0 Å². The van der Waals surface area contributed by atoms with Crippen molar-refractivity contribution in [1.82, 2.24) is 12.3 Å². The predicted octanol–water partition coefficient (Wildman–Crippen LogP) is 2.60. The molecule has 0 aliphatic carbocycles. The molecule has 0 bridgehead atoms. The van der Waals surface area contributed by atoms with Crippen LogP contribution >= 0.6 is 0 Å². The number of unbranched alkanes of at least 4 members (excludes halogenated alkanes) is 5. The molecular formula is C10H24N2O4. The van der Waals surface area contributed by atoms with Gasteiger partial charge in [-0.2, -0.15) is 0 Å². The summed E-state index contributed by atoms with van der Waals surface area (Å²) in [7, 11) is 0. The van der Waals surface area contributed by atoms with Crippen molar-refractivity contribution in [2.24, 2.45) is 0 Å². The standard InChI is InChI=1S/C10H18O4.2H3N/c11-9(12)7-5-3-1-2-4-6-8-10(13)14;;/h1-8H2,(H,11,12)(H,13,14);2*1H3. The molecule has 98 valence electrons. The normalized spacial score (nSPS) is 8.75. The Labute approximate surface area is 96.2 Å². The molecule has 16 heavy (non-hydrogen) atoms. The molecule has 8 N–H and O–H groups in total. The van der Waals surface area contributed by atoms with Crippen LogP contribution in [0, 0.1) is 0 Å². The first-order valence-corrected chi connectivity index (χ1v) is 5.06. The van der Waals surface area contributed by atoms with E-state index in [1.54, 1.807) is 0 Å². The van der Waals surface area contributed by atoms with Gasteiger partial charge in [-0.1, -0.05) is 25.7 Å². The number of rotatable bonds is 9. The van der Waals surface area contributed by atoms with Crippen LogP contribution < -0.4 is 12.3 Å². The van der Waals surface area contributed by atoms with Crippen molar-refractivity contribution in [3.8, 4) is 0 Å². The Balaban J connectivity index is -0.000000845. The second-order valence-electron chi connectivity index (χ2n) is 3.41. The van der Waals surface area contributed by atoms with E-state index >= 15 is 0 Å². The van der Waals surface area contributed by atoms with Gasteiger partial charge in [-0.25, -0.2) is 0 Å². The molecule has 0 aromatic carbocycles. The third-order valence-corrected chi connectivity index (χ3v) is 2.03. The third kappa shape index (κ3) is 18.6. The van der Waals surface area contributed by atoms with Gasteiger partial charge in [0.05, 0.1) is 0 Å². The van der Waals surface area contributed by atoms with Crippen molar-refractivity contribution >= 4 is 11.9 Å². The fourth-order valence-corrected chi connectivity index (χ4v) is 1.26. The van der Waals surface area contributed by atoms with Gasteiger partial charge in [0.25, 0.3) is 0 Å². The van der Waals surface area contributed by atoms with Crippen LogP contribution in [0.5, 0.6) is 0 Å². The Morgan fingerprint density at radius 2 is 0.875 bits per heavy atom. The number of hydrogen-bond donors (Lipinski definition) is 4. The molecule has 0 saturated heterocycles.